The minimum atomic E-state index is -3.32. The van der Waals surface area contributed by atoms with Crippen molar-refractivity contribution in [2.75, 3.05) is 5.75 Å². The lowest BCUT2D eigenvalue weighted by molar-refractivity contribution is 0.0983. The normalized spacial score (nSPS) is 21.7. The summed E-state index contributed by atoms with van der Waals surface area (Å²) in [5.41, 5.74) is 0.415. The van der Waals surface area contributed by atoms with Crippen LogP contribution in [0.25, 0.3) is 10.8 Å². The first-order valence-electron chi connectivity index (χ1n) is 6.68. The molecule has 1 saturated heterocycles. The molecule has 104 valence electrons. The van der Waals surface area contributed by atoms with Gasteiger partial charge >= 0.3 is 0 Å². The Morgan fingerprint density at radius 1 is 1.15 bits per heavy atom. The van der Waals surface area contributed by atoms with E-state index in [1.165, 1.54) is 6.20 Å². The Kier molecular flexibility index (Phi) is 3.30. The van der Waals surface area contributed by atoms with Crippen molar-refractivity contribution in [2.45, 2.75) is 24.5 Å². The van der Waals surface area contributed by atoms with Gasteiger partial charge in [-0.05, 0) is 18.2 Å². The third kappa shape index (κ3) is 2.22. The standard InChI is InChI=1S/C15H15NO3S/c17-15(14-7-3-4-8-20(14,18)19)13-10-16-9-11-5-1-2-6-12(11)13/h1-2,5-6,9-10,14H,3-4,7-8H2. The SMILES string of the molecule is O=C(c1cncc2ccccc12)C1CCCCS1(=O)=O. The minimum Gasteiger partial charge on any atom is -0.293 e. The largest absolute Gasteiger partial charge is 0.293 e. The van der Waals surface area contributed by atoms with Crippen LogP contribution in [0.2, 0.25) is 0 Å². The van der Waals surface area contributed by atoms with Gasteiger partial charge in [0.2, 0.25) is 0 Å². The van der Waals surface area contributed by atoms with Crippen molar-refractivity contribution in [3.8, 4) is 0 Å². The van der Waals surface area contributed by atoms with Crippen LogP contribution in [0.1, 0.15) is 29.6 Å². The Balaban J connectivity index is 2.09. The number of nitrogens with zero attached hydrogens (tertiary/aromatic N) is 1. The number of carbonyl (C=O) groups is 1. The molecular formula is C15H15NO3S. The highest BCUT2D eigenvalue weighted by atomic mass is 32.2. The lowest BCUT2D eigenvalue weighted by Gasteiger charge is -2.21. The van der Waals surface area contributed by atoms with Gasteiger partial charge in [-0.25, -0.2) is 8.42 Å². The van der Waals surface area contributed by atoms with Crippen LogP contribution in [0, 0.1) is 0 Å². The van der Waals surface area contributed by atoms with E-state index in [2.05, 4.69) is 4.98 Å². The average Bonchev–Trinajstić information content (AvgIpc) is 2.45. The molecule has 1 fully saturated rings. The van der Waals surface area contributed by atoms with Crippen molar-refractivity contribution >= 4 is 26.4 Å². The molecule has 1 aliphatic rings. The quantitative estimate of drug-likeness (QED) is 0.796. The Bertz CT molecular complexity index is 762. The zero-order valence-electron chi connectivity index (χ0n) is 11.0. The van der Waals surface area contributed by atoms with Gasteiger partial charge in [0.15, 0.2) is 15.6 Å². The van der Waals surface area contributed by atoms with Gasteiger partial charge in [0, 0.05) is 23.3 Å². The molecule has 1 aliphatic heterocycles. The van der Waals surface area contributed by atoms with Gasteiger partial charge in [-0.1, -0.05) is 30.7 Å². The minimum absolute atomic E-state index is 0.113. The Morgan fingerprint density at radius 2 is 1.95 bits per heavy atom. The second kappa shape index (κ2) is 4.98. The third-order valence-corrected chi connectivity index (χ3v) is 5.98. The predicted octanol–water partition coefficient (Wildman–Crippen LogP) is 2.38. The van der Waals surface area contributed by atoms with Crippen molar-refractivity contribution in [1.29, 1.82) is 0 Å². The van der Waals surface area contributed by atoms with Gasteiger partial charge in [-0.15, -0.1) is 0 Å². The van der Waals surface area contributed by atoms with Gasteiger partial charge in [0.1, 0.15) is 5.25 Å². The number of aromatic nitrogens is 1. The van der Waals surface area contributed by atoms with Gasteiger partial charge in [0.25, 0.3) is 0 Å². The Morgan fingerprint density at radius 3 is 2.75 bits per heavy atom. The number of rotatable bonds is 2. The molecule has 1 aromatic carbocycles. The molecular weight excluding hydrogens is 274 g/mol. The molecule has 0 saturated carbocycles. The van der Waals surface area contributed by atoms with Crippen molar-refractivity contribution in [3.05, 3.63) is 42.2 Å². The monoisotopic (exact) mass is 289 g/mol. The summed E-state index contributed by atoms with van der Waals surface area (Å²) in [7, 11) is -3.32. The van der Waals surface area contributed by atoms with Crippen molar-refractivity contribution in [1.82, 2.24) is 4.98 Å². The number of Topliss-reactive ketones (excluding diaryl/α,β-unsaturated/α-hetero) is 1. The number of pyridine rings is 1. The van der Waals surface area contributed by atoms with E-state index in [0.717, 1.165) is 17.2 Å². The maximum Gasteiger partial charge on any atom is 0.183 e. The second-order valence-electron chi connectivity index (χ2n) is 5.12. The highest BCUT2D eigenvalue weighted by Crippen LogP contribution is 2.26. The number of ketones is 1. The molecule has 2 aromatic rings. The number of fused-ring (bicyclic) bond motifs is 1. The van der Waals surface area contributed by atoms with Crippen LogP contribution < -0.4 is 0 Å². The summed E-state index contributed by atoms with van der Waals surface area (Å²) >= 11 is 0. The van der Waals surface area contributed by atoms with Gasteiger partial charge < -0.3 is 0 Å². The van der Waals surface area contributed by atoms with Crippen LogP contribution in [0.5, 0.6) is 0 Å². The molecule has 5 heteroatoms. The van der Waals surface area contributed by atoms with E-state index in [0.29, 0.717) is 18.4 Å². The molecule has 0 amide bonds. The van der Waals surface area contributed by atoms with E-state index in [-0.39, 0.29) is 11.5 Å². The maximum absolute atomic E-state index is 12.6. The summed E-state index contributed by atoms with van der Waals surface area (Å²) in [5, 5.41) is 0.726. The first-order chi connectivity index (χ1) is 9.59. The fourth-order valence-corrected chi connectivity index (χ4v) is 4.61. The van der Waals surface area contributed by atoms with Crippen LogP contribution in [0.3, 0.4) is 0 Å². The molecule has 3 rings (SSSR count). The van der Waals surface area contributed by atoms with E-state index in [1.54, 1.807) is 6.20 Å². The summed E-state index contributed by atoms with van der Waals surface area (Å²) in [6.07, 6.45) is 5.02. The number of carbonyl (C=O) groups excluding carboxylic acids is 1. The summed E-state index contributed by atoms with van der Waals surface area (Å²) in [4.78, 5) is 16.7. The zero-order chi connectivity index (χ0) is 14.2. The van der Waals surface area contributed by atoms with Crippen LogP contribution in [-0.4, -0.2) is 30.2 Å². The maximum atomic E-state index is 12.6. The van der Waals surface area contributed by atoms with E-state index in [4.69, 9.17) is 0 Å². The Labute approximate surface area is 117 Å². The topological polar surface area (TPSA) is 64.1 Å². The number of sulfone groups is 1. The van der Waals surface area contributed by atoms with E-state index in [1.807, 2.05) is 24.3 Å². The summed E-state index contributed by atoms with van der Waals surface area (Å²) in [6, 6.07) is 7.41. The highest BCUT2D eigenvalue weighted by molar-refractivity contribution is 7.92. The number of hydrogen-bond acceptors (Lipinski definition) is 4. The van der Waals surface area contributed by atoms with Gasteiger partial charge in [-0.2, -0.15) is 0 Å². The molecule has 4 nitrogen and oxygen atoms in total. The van der Waals surface area contributed by atoms with Crippen molar-refractivity contribution in [2.24, 2.45) is 0 Å². The molecule has 20 heavy (non-hydrogen) atoms. The number of hydrogen-bond donors (Lipinski definition) is 0. The summed E-state index contributed by atoms with van der Waals surface area (Å²) in [5.74, 6) is -0.198. The molecule has 0 N–H and O–H groups in total. The molecule has 0 aliphatic carbocycles. The molecule has 0 radical (unpaired) electrons. The highest BCUT2D eigenvalue weighted by Gasteiger charge is 2.35. The molecule has 1 atom stereocenters. The Hall–Kier alpha value is -1.75. The first kappa shape index (κ1) is 13.2. The second-order valence-corrected chi connectivity index (χ2v) is 7.43. The van der Waals surface area contributed by atoms with Crippen LogP contribution in [0.4, 0.5) is 0 Å². The predicted molar refractivity (Wildman–Crippen MR) is 77.5 cm³/mol. The van der Waals surface area contributed by atoms with E-state index >= 15 is 0 Å². The van der Waals surface area contributed by atoms with Crippen LogP contribution in [0.15, 0.2) is 36.7 Å². The van der Waals surface area contributed by atoms with Crippen molar-refractivity contribution in [3.63, 3.8) is 0 Å². The average molecular weight is 289 g/mol. The molecule has 1 unspecified atom stereocenters. The molecule has 0 spiro atoms. The lowest BCUT2D eigenvalue weighted by atomic mass is 10.0. The fourth-order valence-electron chi connectivity index (χ4n) is 2.74. The van der Waals surface area contributed by atoms with Gasteiger partial charge in [-0.3, -0.25) is 9.78 Å². The van der Waals surface area contributed by atoms with Crippen LogP contribution >= 0.6 is 0 Å². The number of benzene rings is 1. The summed E-state index contributed by atoms with van der Waals surface area (Å²) < 4.78 is 24.2. The third-order valence-electron chi connectivity index (χ3n) is 3.80. The molecule has 2 heterocycles. The van der Waals surface area contributed by atoms with Gasteiger partial charge in [0.05, 0.1) is 5.75 Å². The van der Waals surface area contributed by atoms with Crippen molar-refractivity contribution < 1.29 is 13.2 Å². The van der Waals surface area contributed by atoms with Crippen LogP contribution in [-0.2, 0) is 9.84 Å². The smallest absolute Gasteiger partial charge is 0.183 e. The zero-order valence-corrected chi connectivity index (χ0v) is 11.8. The molecule has 1 aromatic heterocycles. The fraction of sp³-hybridized carbons (Fsp3) is 0.333. The molecule has 0 bridgehead atoms. The summed E-state index contributed by atoms with van der Waals surface area (Å²) in [6.45, 7) is 0. The lowest BCUT2D eigenvalue weighted by Crippen LogP contribution is -2.35. The van der Waals surface area contributed by atoms with E-state index < -0.39 is 15.1 Å². The first-order valence-corrected chi connectivity index (χ1v) is 8.40. The van der Waals surface area contributed by atoms with E-state index in [9.17, 15) is 13.2 Å².